The lowest BCUT2D eigenvalue weighted by molar-refractivity contribution is -0.136. The van der Waals surface area contributed by atoms with E-state index in [9.17, 15) is 13.2 Å². The number of rotatable bonds is 2. The van der Waals surface area contributed by atoms with Gasteiger partial charge >= 0.3 is 6.18 Å². The minimum absolute atomic E-state index is 0.217. The molecule has 0 spiro atoms. The molecule has 0 fully saturated rings. The molecule has 1 aromatic carbocycles. The molecule has 0 amide bonds. The maximum absolute atomic E-state index is 13.0. The van der Waals surface area contributed by atoms with E-state index in [1.165, 1.54) is 17.4 Å². The number of alkyl halides is 3. The number of pyridine rings is 1. The third-order valence-corrected chi connectivity index (χ3v) is 4.30. The molecule has 0 unspecified atom stereocenters. The molecule has 2 aromatic heterocycles. The Hall–Kier alpha value is -1.92. The van der Waals surface area contributed by atoms with Crippen LogP contribution >= 0.6 is 11.3 Å². The first-order valence-electron chi connectivity index (χ1n) is 6.24. The van der Waals surface area contributed by atoms with Crippen molar-refractivity contribution in [1.82, 2.24) is 4.98 Å². The number of hydrogen-bond acceptors (Lipinski definition) is 3. The minimum atomic E-state index is -4.35. The van der Waals surface area contributed by atoms with Crippen molar-refractivity contribution in [3.63, 3.8) is 0 Å². The molecule has 108 valence electrons. The standard InChI is InChI=1S/C15H11F3N2S/c16-15(17,18)11-2-1-3-13-10(11)6-14(21-13)12-5-4-9(7-19)8-20-12/h1-6,8H,7,19H2. The number of aromatic nitrogens is 1. The van der Waals surface area contributed by atoms with Crippen LogP contribution in [0.3, 0.4) is 0 Å². The Morgan fingerprint density at radius 1 is 1.14 bits per heavy atom. The number of thiophene rings is 1. The van der Waals surface area contributed by atoms with Gasteiger partial charge in [-0.1, -0.05) is 12.1 Å². The highest BCUT2D eigenvalue weighted by atomic mass is 32.1. The van der Waals surface area contributed by atoms with Crippen LogP contribution in [0.5, 0.6) is 0 Å². The second kappa shape index (κ2) is 5.13. The Morgan fingerprint density at radius 3 is 2.57 bits per heavy atom. The zero-order valence-electron chi connectivity index (χ0n) is 10.8. The Bertz CT molecular complexity index is 776. The molecule has 0 aliphatic carbocycles. The quantitative estimate of drug-likeness (QED) is 0.760. The van der Waals surface area contributed by atoms with Crippen molar-refractivity contribution in [3.8, 4) is 10.6 Å². The predicted octanol–water partition coefficient (Wildman–Crippen LogP) is 4.44. The van der Waals surface area contributed by atoms with Gasteiger partial charge < -0.3 is 5.73 Å². The summed E-state index contributed by atoms with van der Waals surface area (Å²) in [6.07, 6.45) is -2.71. The smallest absolute Gasteiger partial charge is 0.326 e. The normalized spacial score (nSPS) is 12.0. The fourth-order valence-electron chi connectivity index (χ4n) is 2.13. The molecule has 3 rings (SSSR count). The summed E-state index contributed by atoms with van der Waals surface area (Å²) in [7, 11) is 0. The summed E-state index contributed by atoms with van der Waals surface area (Å²) in [5, 5.41) is 0.217. The van der Waals surface area contributed by atoms with Gasteiger partial charge in [0.15, 0.2) is 0 Å². The lowest BCUT2D eigenvalue weighted by Gasteiger charge is -2.06. The van der Waals surface area contributed by atoms with Crippen molar-refractivity contribution >= 4 is 21.4 Å². The van der Waals surface area contributed by atoms with Crippen molar-refractivity contribution in [2.45, 2.75) is 12.7 Å². The molecule has 6 heteroatoms. The third kappa shape index (κ3) is 2.64. The second-order valence-corrected chi connectivity index (χ2v) is 5.67. The van der Waals surface area contributed by atoms with Crippen LogP contribution in [0.2, 0.25) is 0 Å². The van der Waals surface area contributed by atoms with Crippen LogP contribution in [-0.4, -0.2) is 4.98 Å². The number of hydrogen-bond donors (Lipinski definition) is 1. The van der Waals surface area contributed by atoms with E-state index in [2.05, 4.69) is 4.98 Å². The molecule has 2 heterocycles. The molecule has 3 aromatic rings. The molecule has 0 bridgehead atoms. The van der Waals surface area contributed by atoms with Gasteiger partial charge in [-0.3, -0.25) is 4.98 Å². The second-order valence-electron chi connectivity index (χ2n) is 4.58. The molecule has 0 saturated carbocycles. The fraction of sp³-hybridized carbons (Fsp3) is 0.133. The van der Waals surface area contributed by atoms with Crippen molar-refractivity contribution in [2.75, 3.05) is 0 Å². The van der Waals surface area contributed by atoms with Crippen molar-refractivity contribution < 1.29 is 13.2 Å². The summed E-state index contributed by atoms with van der Waals surface area (Å²) in [5.41, 5.74) is 6.43. The van der Waals surface area contributed by atoms with E-state index >= 15 is 0 Å². The largest absolute Gasteiger partial charge is 0.417 e. The summed E-state index contributed by atoms with van der Waals surface area (Å²) in [6.45, 7) is 0.387. The Morgan fingerprint density at radius 2 is 1.95 bits per heavy atom. The van der Waals surface area contributed by atoms with Crippen molar-refractivity contribution in [2.24, 2.45) is 5.73 Å². The lowest BCUT2D eigenvalue weighted by Crippen LogP contribution is -2.04. The fourth-order valence-corrected chi connectivity index (χ4v) is 3.19. The monoisotopic (exact) mass is 308 g/mol. The van der Waals surface area contributed by atoms with Gasteiger partial charge in [0.05, 0.1) is 16.1 Å². The lowest BCUT2D eigenvalue weighted by atomic mass is 10.1. The van der Waals surface area contributed by atoms with E-state index in [1.807, 2.05) is 6.07 Å². The zero-order chi connectivity index (χ0) is 15.0. The first kappa shape index (κ1) is 14.0. The van der Waals surface area contributed by atoms with Crippen LogP contribution in [0, 0.1) is 0 Å². The molecular formula is C15H11F3N2S. The summed E-state index contributed by atoms with van der Waals surface area (Å²) in [4.78, 5) is 4.97. The number of nitrogens with zero attached hydrogens (tertiary/aromatic N) is 1. The molecular weight excluding hydrogens is 297 g/mol. The van der Waals surface area contributed by atoms with Gasteiger partial charge in [0, 0.05) is 22.8 Å². The summed E-state index contributed by atoms with van der Waals surface area (Å²) in [5.74, 6) is 0. The molecule has 21 heavy (non-hydrogen) atoms. The highest BCUT2D eigenvalue weighted by Crippen LogP contribution is 2.40. The van der Waals surface area contributed by atoms with E-state index in [4.69, 9.17) is 5.73 Å². The third-order valence-electron chi connectivity index (χ3n) is 3.18. The van der Waals surface area contributed by atoms with Gasteiger partial charge in [-0.05, 0) is 29.8 Å². The van der Waals surface area contributed by atoms with Gasteiger partial charge in [-0.25, -0.2) is 0 Å². The predicted molar refractivity (Wildman–Crippen MR) is 77.9 cm³/mol. The van der Waals surface area contributed by atoms with Crippen molar-refractivity contribution in [3.05, 3.63) is 53.7 Å². The van der Waals surface area contributed by atoms with Crippen LogP contribution in [0.15, 0.2) is 42.6 Å². The topological polar surface area (TPSA) is 38.9 Å². The molecule has 0 aliphatic heterocycles. The molecule has 2 nitrogen and oxygen atoms in total. The number of benzene rings is 1. The summed E-state index contributed by atoms with van der Waals surface area (Å²) < 4.78 is 39.6. The van der Waals surface area contributed by atoms with E-state index in [0.29, 0.717) is 21.8 Å². The Kier molecular flexibility index (Phi) is 3.43. The number of fused-ring (bicyclic) bond motifs is 1. The molecule has 0 atom stereocenters. The highest BCUT2D eigenvalue weighted by Gasteiger charge is 2.32. The van der Waals surface area contributed by atoms with E-state index < -0.39 is 11.7 Å². The minimum Gasteiger partial charge on any atom is -0.326 e. The zero-order valence-corrected chi connectivity index (χ0v) is 11.6. The van der Waals surface area contributed by atoms with Crippen LogP contribution < -0.4 is 5.73 Å². The van der Waals surface area contributed by atoms with Gasteiger partial charge in [0.2, 0.25) is 0 Å². The van der Waals surface area contributed by atoms with Crippen LogP contribution in [-0.2, 0) is 12.7 Å². The van der Waals surface area contributed by atoms with Gasteiger partial charge in [-0.2, -0.15) is 13.2 Å². The molecule has 0 aliphatic rings. The van der Waals surface area contributed by atoms with Crippen LogP contribution in [0.25, 0.3) is 20.7 Å². The van der Waals surface area contributed by atoms with E-state index in [0.717, 1.165) is 11.6 Å². The molecule has 2 N–H and O–H groups in total. The van der Waals surface area contributed by atoms with Gasteiger partial charge in [0.25, 0.3) is 0 Å². The Labute approximate surface area is 123 Å². The summed E-state index contributed by atoms with van der Waals surface area (Å²) >= 11 is 1.30. The average molecular weight is 308 g/mol. The first-order valence-corrected chi connectivity index (χ1v) is 7.06. The SMILES string of the molecule is NCc1ccc(-c2cc3c(C(F)(F)F)cccc3s2)nc1. The highest BCUT2D eigenvalue weighted by molar-refractivity contribution is 7.22. The number of nitrogens with two attached hydrogens (primary N) is 1. The van der Waals surface area contributed by atoms with Gasteiger partial charge in [-0.15, -0.1) is 11.3 Å². The molecule has 0 radical (unpaired) electrons. The maximum Gasteiger partial charge on any atom is 0.417 e. The average Bonchev–Trinajstić information content (AvgIpc) is 2.90. The maximum atomic E-state index is 13.0. The van der Waals surface area contributed by atoms with Crippen LogP contribution in [0.4, 0.5) is 13.2 Å². The van der Waals surface area contributed by atoms with E-state index in [1.54, 1.807) is 24.4 Å². The summed E-state index contributed by atoms with van der Waals surface area (Å²) in [6, 6.07) is 9.37. The van der Waals surface area contributed by atoms with Crippen molar-refractivity contribution in [1.29, 1.82) is 0 Å². The first-order chi connectivity index (χ1) is 9.99. The molecule has 0 saturated heterocycles. The number of halogens is 3. The van der Waals surface area contributed by atoms with Crippen LogP contribution in [0.1, 0.15) is 11.1 Å². The van der Waals surface area contributed by atoms with Gasteiger partial charge in [0.1, 0.15) is 0 Å². The Balaban J connectivity index is 2.12. The van der Waals surface area contributed by atoms with E-state index in [-0.39, 0.29) is 5.39 Å².